The normalized spacial score (nSPS) is 9.72. The Morgan fingerprint density at radius 2 is 2.00 bits per heavy atom. The number of anilines is 2. The molecular weight excluding hydrogens is 228 g/mol. The largest absolute Gasteiger partial charge is 0.437 e. The lowest BCUT2D eigenvalue weighted by atomic mass is 10.2. The molecule has 90 valence electrons. The molecule has 18 heavy (non-hydrogen) atoms. The molecule has 0 bridgehead atoms. The van der Waals surface area contributed by atoms with Gasteiger partial charge in [-0.25, -0.2) is 0 Å². The second-order valence-corrected chi connectivity index (χ2v) is 3.69. The zero-order valence-electron chi connectivity index (χ0n) is 9.74. The van der Waals surface area contributed by atoms with Crippen LogP contribution in [0, 0.1) is 11.3 Å². The molecular formula is C14H12N2O2. The van der Waals surface area contributed by atoms with E-state index in [1.165, 1.54) is 0 Å². The Labute approximate surface area is 105 Å². The second-order valence-electron chi connectivity index (χ2n) is 3.69. The van der Waals surface area contributed by atoms with Gasteiger partial charge in [-0.1, -0.05) is 18.2 Å². The minimum atomic E-state index is 0.280. The van der Waals surface area contributed by atoms with E-state index in [0.29, 0.717) is 25.1 Å². The van der Waals surface area contributed by atoms with Crippen molar-refractivity contribution in [2.24, 2.45) is 0 Å². The summed E-state index contributed by atoms with van der Waals surface area (Å²) >= 11 is 0. The van der Waals surface area contributed by atoms with Crippen LogP contribution in [0.3, 0.4) is 0 Å². The summed E-state index contributed by atoms with van der Waals surface area (Å²) in [5, 5.41) is 8.70. The number of hydrogen-bond acceptors (Lipinski definition) is 4. The number of aldehydes is 1. The lowest BCUT2D eigenvalue weighted by Crippen LogP contribution is -2.17. The highest BCUT2D eigenvalue weighted by molar-refractivity contribution is 5.72. The molecule has 1 heterocycles. The zero-order valence-corrected chi connectivity index (χ0v) is 9.74. The number of carbonyl (C=O) groups excluding carboxylic acids is 1. The first-order valence-electron chi connectivity index (χ1n) is 5.59. The van der Waals surface area contributed by atoms with Gasteiger partial charge < -0.3 is 9.32 Å². The summed E-state index contributed by atoms with van der Waals surface area (Å²) in [6.07, 6.45) is 1.04. The Hall–Kier alpha value is -2.54. The van der Waals surface area contributed by atoms with Crippen LogP contribution in [-0.2, 0) is 0 Å². The molecule has 0 saturated carbocycles. The molecule has 2 aromatic rings. The number of furan rings is 1. The van der Waals surface area contributed by atoms with Crippen molar-refractivity contribution in [3.8, 4) is 6.07 Å². The van der Waals surface area contributed by atoms with Gasteiger partial charge in [-0.3, -0.25) is 4.79 Å². The summed E-state index contributed by atoms with van der Waals surface area (Å²) in [7, 11) is 0. The molecule has 0 aliphatic rings. The van der Waals surface area contributed by atoms with Gasteiger partial charge in [-0.15, -0.1) is 0 Å². The molecule has 0 radical (unpaired) electrons. The van der Waals surface area contributed by atoms with Crippen molar-refractivity contribution in [3.05, 3.63) is 48.2 Å². The van der Waals surface area contributed by atoms with E-state index in [9.17, 15) is 4.79 Å². The van der Waals surface area contributed by atoms with Gasteiger partial charge in [-0.2, -0.15) is 5.26 Å². The molecule has 1 aromatic heterocycles. The third-order valence-corrected chi connectivity index (χ3v) is 2.51. The highest BCUT2D eigenvalue weighted by atomic mass is 16.4. The topological polar surface area (TPSA) is 57.2 Å². The standard InChI is InChI=1S/C14H12N2O2/c15-9-4-10-16(12-5-2-1-3-6-12)14-8-7-13(11-17)18-14/h1-3,5-8,11H,4,10H2. The smallest absolute Gasteiger partial charge is 0.200 e. The maximum Gasteiger partial charge on any atom is 0.200 e. The molecule has 0 fully saturated rings. The first-order valence-corrected chi connectivity index (χ1v) is 5.59. The van der Waals surface area contributed by atoms with Crippen LogP contribution in [-0.4, -0.2) is 12.8 Å². The summed E-state index contributed by atoms with van der Waals surface area (Å²) in [5.41, 5.74) is 0.930. The van der Waals surface area contributed by atoms with Gasteiger partial charge in [0, 0.05) is 18.3 Å². The van der Waals surface area contributed by atoms with Crippen LogP contribution in [0.5, 0.6) is 0 Å². The van der Waals surface area contributed by atoms with E-state index in [2.05, 4.69) is 6.07 Å². The van der Waals surface area contributed by atoms with E-state index in [0.717, 1.165) is 5.69 Å². The van der Waals surface area contributed by atoms with E-state index >= 15 is 0 Å². The van der Waals surface area contributed by atoms with Crippen molar-refractivity contribution >= 4 is 17.9 Å². The van der Waals surface area contributed by atoms with E-state index in [1.807, 2.05) is 35.2 Å². The fourth-order valence-electron chi connectivity index (χ4n) is 1.69. The Balaban J connectivity index is 2.30. The summed E-state index contributed by atoms with van der Waals surface area (Å²) < 4.78 is 5.39. The van der Waals surface area contributed by atoms with Crippen molar-refractivity contribution in [2.75, 3.05) is 11.4 Å². The van der Waals surface area contributed by atoms with Gasteiger partial charge in [0.15, 0.2) is 12.0 Å². The Morgan fingerprint density at radius 1 is 1.22 bits per heavy atom. The van der Waals surface area contributed by atoms with Crippen molar-refractivity contribution in [2.45, 2.75) is 6.42 Å². The van der Waals surface area contributed by atoms with E-state index in [1.54, 1.807) is 12.1 Å². The summed E-state index contributed by atoms with van der Waals surface area (Å²) in [5.74, 6) is 0.849. The molecule has 0 amide bonds. The second kappa shape index (κ2) is 5.69. The van der Waals surface area contributed by atoms with E-state index in [-0.39, 0.29) is 5.76 Å². The number of nitriles is 1. The molecule has 0 spiro atoms. The predicted molar refractivity (Wildman–Crippen MR) is 67.8 cm³/mol. The fourth-order valence-corrected chi connectivity index (χ4v) is 1.69. The maximum absolute atomic E-state index is 10.6. The van der Waals surface area contributed by atoms with Gasteiger partial charge in [-0.05, 0) is 18.2 Å². The molecule has 0 aliphatic heterocycles. The molecule has 0 atom stereocenters. The molecule has 0 aliphatic carbocycles. The molecule has 4 nitrogen and oxygen atoms in total. The SMILES string of the molecule is N#CCCN(c1ccccc1)c1ccc(C=O)o1. The lowest BCUT2D eigenvalue weighted by Gasteiger charge is -2.20. The molecule has 4 heteroatoms. The predicted octanol–water partition coefficient (Wildman–Crippen LogP) is 3.14. The van der Waals surface area contributed by atoms with E-state index in [4.69, 9.17) is 9.68 Å². The first-order chi connectivity index (χ1) is 8.85. The summed E-state index contributed by atoms with van der Waals surface area (Å²) in [4.78, 5) is 12.5. The number of rotatable bonds is 5. The molecule has 0 saturated heterocycles. The minimum Gasteiger partial charge on any atom is -0.437 e. The van der Waals surface area contributed by atoms with Gasteiger partial charge >= 0.3 is 0 Å². The third-order valence-electron chi connectivity index (χ3n) is 2.51. The number of benzene rings is 1. The number of carbonyl (C=O) groups is 1. The third kappa shape index (κ3) is 2.58. The van der Waals surface area contributed by atoms with Gasteiger partial charge in [0.1, 0.15) is 0 Å². The highest BCUT2D eigenvalue weighted by Crippen LogP contribution is 2.26. The first kappa shape index (κ1) is 11.9. The summed E-state index contributed by atoms with van der Waals surface area (Å²) in [6.45, 7) is 0.520. The van der Waals surface area contributed by atoms with Crippen LogP contribution in [0.1, 0.15) is 17.0 Å². The zero-order chi connectivity index (χ0) is 12.8. The number of para-hydroxylation sites is 1. The van der Waals surface area contributed by atoms with Crippen LogP contribution < -0.4 is 4.90 Å². The number of hydrogen-bond donors (Lipinski definition) is 0. The maximum atomic E-state index is 10.6. The van der Waals surface area contributed by atoms with Gasteiger partial charge in [0.05, 0.1) is 12.5 Å². The molecule has 2 rings (SSSR count). The van der Waals surface area contributed by atoms with Gasteiger partial charge in [0.2, 0.25) is 5.88 Å². The molecule has 0 unspecified atom stereocenters. The average molecular weight is 240 g/mol. The Morgan fingerprint density at radius 3 is 2.61 bits per heavy atom. The van der Waals surface area contributed by atoms with Crippen molar-refractivity contribution in [1.82, 2.24) is 0 Å². The van der Waals surface area contributed by atoms with E-state index < -0.39 is 0 Å². The Bertz CT molecular complexity index is 555. The van der Waals surface area contributed by atoms with Crippen LogP contribution in [0.4, 0.5) is 11.6 Å². The average Bonchev–Trinajstić information content (AvgIpc) is 2.89. The highest BCUT2D eigenvalue weighted by Gasteiger charge is 2.12. The van der Waals surface area contributed by atoms with Gasteiger partial charge in [0.25, 0.3) is 0 Å². The Kier molecular flexibility index (Phi) is 3.77. The monoisotopic (exact) mass is 240 g/mol. The summed E-state index contributed by atoms with van der Waals surface area (Å²) in [6, 6.07) is 15.1. The quantitative estimate of drug-likeness (QED) is 0.753. The van der Waals surface area contributed by atoms with Crippen LogP contribution in [0.15, 0.2) is 46.9 Å². The fraction of sp³-hybridized carbons (Fsp3) is 0.143. The van der Waals surface area contributed by atoms with Crippen molar-refractivity contribution < 1.29 is 9.21 Å². The lowest BCUT2D eigenvalue weighted by molar-refractivity contribution is 0.110. The molecule has 1 aromatic carbocycles. The van der Waals surface area contributed by atoms with Crippen LogP contribution in [0.25, 0.3) is 0 Å². The van der Waals surface area contributed by atoms with Crippen molar-refractivity contribution in [3.63, 3.8) is 0 Å². The van der Waals surface area contributed by atoms with Crippen LogP contribution in [0.2, 0.25) is 0 Å². The van der Waals surface area contributed by atoms with Crippen molar-refractivity contribution in [1.29, 1.82) is 5.26 Å². The minimum absolute atomic E-state index is 0.280. The molecule has 0 N–H and O–H groups in total. The number of nitrogens with zero attached hydrogens (tertiary/aromatic N) is 2. The van der Waals surface area contributed by atoms with Crippen LogP contribution >= 0.6 is 0 Å².